The van der Waals surface area contributed by atoms with Gasteiger partial charge in [0.15, 0.2) is 5.78 Å². The first kappa shape index (κ1) is 14.8. The summed E-state index contributed by atoms with van der Waals surface area (Å²) >= 11 is 0. The molecule has 1 amide bonds. The van der Waals surface area contributed by atoms with Gasteiger partial charge < -0.3 is 14.9 Å². The van der Waals surface area contributed by atoms with Gasteiger partial charge in [0.05, 0.1) is 5.56 Å². The standard InChI is InChI=1S/C14H18N2O3/c1-15(2)11(14(19)16(3)4)9-13(18)10-7-5-6-8-12(10)17/h5-9,17H,1-4H3/b11-9-. The van der Waals surface area contributed by atoms with Gasteiger partial charge in [-0.2, -0.15) is 0 Å². The molecule has 0 saturated carbocycles. The van der Waals surface area contributed by atoms with E-state index in [2.05, 4.69) is 0 Å². The van der Waals surface area contributed by atoms with Crippen molar-refractivity contribution in [2.45, 2.75) is 0 Å². The maximum atomic E-state index is 12.1. The minimum absolute atomic E-state index is 0.0980. The number of benzene rings is 1. The first-order valence-corrected chi connectivity index (χ1v) is 5.77. The van der Waals surface area contributed by atoms with Crippen molar-refractivity contribution in [1.82, 2.24) is 9.80 Å². The fourth-order valence-corrected chi connectivity index (χ4v) is 1.50. The van der Waals surface area contributed by atoms with Crippen molar-refractivity contribution in [2.75, 3.05) is 28.2 Å². The number of allylic oxidation sites excluding steroid dienone is 1. The van der Waals surface area contributed by atoms with Crippen LogP contribution in [0.5, 0.6) is 5.75 Å². The average Bonchev–Trinajstić information content (AvgIpc) is 2.34. The van der Waals surface area contributed by atoms with E-state index in [0.29, 0.717) is 0 Å². The van der Waals surface area contributed by atoms with Crippen LogP contribution in [-0.2, 0) is 4.79 Å². The number of phenolic OH excluding ortho intramolecular Hbond substituents is 1. The summed E-state index contributed by atoms with van der Waals surface area (Å²) in [7, 11) is 6.60. The molecule has 0 fully saturated rings. The monoisotopic (exact) mass is 262 g/mol. The lowest BCUT2D eigenvalue weighted by Gasteiger charge is -2.19. The van der Waals surface area contributed by atoms with Crippen molar-refractivity contribution in [3.05, 3.63) is 41.6 Å². The second-order valence-corrected chi connectivity index (χ2v) is 4.50. The Hall–Kier alpha value is -2.30. The van der Waals surface area contributed by atoms with Crippen LogP contribution in [0.1, 0.15) is 10.4 Å². The van der Waals surface area contributed by atoms with Crippen molar-refractivity contribution in [3.63, 3.8) is 0 Å². The predicted octanol–water partition coefficient (Wildman–Crippen LogP) is 1.11. The smallest absolute Gasteiger partial charge is 0.269 e. The van der Waals surface area contributed by atoms with Crippen molar-refractivity contribution in [2.24, 2.45) is 0 Å². The highest BCUT2D eigenvalue weighted by Crippen LogP contribution is 2.17. The molecule has 1 rings (SSSR count). The Labute approximate surface area is 112 Å². The number of hydrogen-bond donors (Lipinski definition) is 1. The third-order valence-corrected chi connectivity index (χ3v) is 2.54. The van der Waals surface area contributed by atoms with E-state index in [1.54, 1.807) is 45.2 Å². The average molecular weight is 262 g/mol. The third kappa shape index (κ3) is 3.58. The molecule has 0 radical (unpaired) electrons. The molecule has 1 aromatic carbocycles. The number of carbonyl (C=O) groups excluding carboxylic acids is 2. The van der Waals surface area contributed by atoms with E-state index in [1.165, 1.54) is 23.1 Å². The van der Waals surface area contributed by atoms with Crippen LogP contribution in [0.3, 0.4) is 0 Å². The van der Waals surface area contributed by atoms with Crippen molar-refractivity contribution in [1.29, 1.82) is 0 Å². The molecule has 0 aliphatic rings. The van der Waals surface area contributed by atoms with Gasteiger partial charge in [-0.1, -0.05) is 12.1 Å². The van der Waals surface area contributed by atoms with E-state index in [9.17, 15) is 14.7 Å². The molecule has 0 saturated heterocycles. The van der Waals surface area contributed by atoms with Crippen molar-refractivity contribution in [3.8, 4) is 5.75 Å². The fourth-order valence-electron chi connectivity index (χ4n) is 1.50. The molecule has 0 aliphatic carbocycles. The van der Waals surface area contributed by atoms with Crippen LogP contribution in [0.15, 0.2) is 36.0 Å². The summed E-state index contributed by atoms with van der Waals surface area (Å²) in [6.07, 6.45) is 1.23. The van der Waals surface area contributed by atoms with E-state index >= 15 is 0 Å². The van der Waals surface area contributed by atoms with Crippen molar-refractivity contribution >= 4 is 11.7 Å². The molecule has 1 N–H and O–H groups in total. The molecule has 19 heavy (non-hydrogen) atoms. The second-order valence-electron chi connectivity index (χ2n) is 4.50. The Balaban J connectivity index is 3.14. The predicted molar refractivity (Wildman–Crippen MR) is 72.9 cm³/mol. The summed E-state index contributed by atoms with van der Waals surface area (Å²) in [4.78, 5) is 27.0. The molecule has 5 heteroatoms. The number of rotatable bonds is 4. The van der Waals surface area contributed by atoms with Crippen LogP contribution in [0.4, 0.5) is 0 Å². The van der Waals surface area contributed by atoms with E-state index in [0.717, 1.165) is 0 Å². The van der Waals surface area contributed by atoms with Gasteiger partial charge in [0, 0.05) is 34.3 Å². The Morgan fingerprint density at radius 3 is 2.11 bits per heavy atom. The highest BCUT2D eigenvalue weighted by Gasteiger charge is 2.17. The van der Waals surface area contributed by atoms with Gasteiger partial charge in [-0.05, 0) is 12.1 Å². The molecule has 0 atom stereocenters. The number of ketones is 1. The third-order valence-electron chi connectivity index (χ3n) is 2.54. The largest absolute Gasteiger partial charge is 0.507 e. The molecule has 0 unspecified atom stereocenters. The van der Waals surface area contributed by atoms with Gasteiger partial charge >= 0.3 is 0 Å². The number of phenols is 1. The Bertz CT molecular complexity index is 519. The zero-order chi connectivity index (χ0) is 14.6. The van der Waals surface area contributed by atoms with Crippen molar-refractivity contribution < 1.29 is 14.7 Å². The minimum atomic E-state index is -0.406. The molecule has 0 aromatic heterocycles. The van der Waals surface area contributed by atoms with Gasteiger partial charge in [0.2, 0.25) is 0 Å². The van der Waals surface area contributed by atoms with Gasteiger partial charge in [-0.15, -0.1) is 0 Å². The zero-order valence-corrected chi connectivity index (χ0v) is 11.5. The number of hydrogen-bond acceptors (Lipinski definition) is 4. The fraction of sp³-hybridized carbons (Fsp3) is 0.286. The molecule has 0 spiro atoms. The van der Waals surface area contributed by atoms with Crippen LogP contribution in [0, 0.1) is 0 Å². The highest BCUT2D eigenvalue weighted by molar-refractivity contribution is 6.10. The van der Waals surface area contributed by atoms with E-state index < -0.39 is 5.78 Å². The van der Waals surface area contributed by atoms with Gasteiger partial charge in [-0.25, -0.2) is 0 Å². The van der Waals surface area contributed by atoms with Gasteiger partial charge in [-0.3, -0.25) is 9.59 Å². The van der Waals surface area contributed by atoms with E-state index in [-0.39, 0.29) is 22.9 Å². The number of carbonyl (C=O) groups is 2. The normalized spacial score (nSPS) is 11.1. The molecule has 1 aromatic rings. The summed E-state index contributed by atoms with van der Waals surface area (Å²) in [5.74, 6) is -0.773. The maximum absolute atomic E-state index is 12.1. The number of nitrogens with zero attached hydrogens (tertiary/aromatic N) is 2. The quantitative estimate of drug-likeness (QED) is 0.652. The Kier molecular flexibility index (Phi) is 4.69. The number of aromatic hydroxyl groups is 1. The lowest BCUT2D eigenvalue weighted by molar-refractivity contribution is -0.126. The first-order chi connectivity index (χ1) is 8.84. The lowest BCUT2D eigenvalue weighted by Crippen LogP contribution is -2.31. The van der Waals surface area contributed by atoms with Crippen LogP contribution >= 0.6 is 0 Å². The minimum Gasteiger partial charge on any atom is -0.507 e. The summed E-state index contributed by atoms with van der Waals surface area (Å²) in [6, 6.07) is 6.24. The molecule has 0 bridgehead atoms. The number of para-hydroxylation sites is 1. The molecule has 0 aliphatic heterocycles. The van der Waals surface area contributed by atoms with E-state index in [1.807, 2.05) is 0 Å². The SMILES string of the molecule is CN(C)C(=O)/C(=C/C(=O)c1ccccc1O)N(C)C. The Morgan fingerprint density at radius 2 is 1.63 bits per heavy atom. The molecule has 5 nitrogen and oxygen atoms in total. The van der Waals surface area contributed by atoms with Crippen LogP contribution in [0.2, 0.25) is 0 Å². The topological polar surface area (TPSA) is 60.9 Å². The van der Waals surface area contributed by atoms with Crippen LogP contribution < -0.4 is 0 Å². The summed E-state index contributed by atoms with van der Waals surface area (Å²) in [5, 5.41) is 9.62. The first-order valence-electron chi connectivity index (χ1n) is 5.77. The molecule has 102 valence electrons. The summed E-state index contributed by atoms with van der Waals surface area (Å²) in [5.41, 5.74) is 0.437. The zero-order valence-electron chi connectivity index (χ0n) is 11.5. The lowest BCUT2D eigenvalue weighted by atomic mass is 10.1. The summed E-state index contributed by atoms with van der Waals surface area (Å²) < 4.78 is 0. The number of likely N-dealkylation sites (N-methyl/N-ethyl adjacent to an activating group) is 2. The summed E-state index contributed by atoms with van der Waals surface area (Å²) in [6.45, 7) is 0. The van der Waals surface area contributed by atoms with Crippen LogP contribution in [0.25, 0.3) is 0 Å². The highest BCUT2D eigenvalue weighted by atomic mass is 16.3. The molecular formula is C14H18N2O3. The van der Waals surface area contributed by atoms with Crippen LogP contribution in [-0.4, -0.2) is 54.8 Å². The number of amides is 1. The Morgan fingerprint density at radius 1 is 1.05 bits per heavy atom. The second kappa shape index (κ2) is 6.04. The van der Waals surface area contributed by atoms with Gasteiger partial charge in [0.1, 0.15) is 11.4 Å². The molecule has 0 heterocycles. The van der Waals surface area contributed by atoms with Gasteiger partial charge in [0.25, 0.3) is 5.91 Å². The van der Waals surface area contributed by atoms with E-state index in [4.69, 9.17) is 0 Å². The maximum Gasteiger partial charge on any atom is 0.269 e. The molecular weight excluding hydrogens is 244 g/mol.